The number of rotatable bonds is 6. The van der Waals surface area contributed by atoms with Crippen LogP contribution in [0.1, 0.15) is 24.1 Å². The SMILES string of the molecule is Cc1ccccc1-n1cc(CNCC2(C(=O)O)CCCOC2)nn1. The first kappa shape index (κ1) is 16.6. The molecule has 0 saturated carbocycles. The van der Waals surface area contributed by atoms with Gasteiger partial charge in [0.05, 0.1) is 24.2 Å². The molecule has 0 spiro atoms. The predicted octanol–water partition coefficient (Wildman–Crippen LogP) is 1.55. The van der Waals surface area contributed by atoms with E-state index in [-0.39, 0.29) is 6.61 Å². The van der Waals surface area contributed by atoms with E-state index in [9.17, 15) is 9.90 Å². The summed E-state index contributed by atoms with van der Waals surface area (Å²) in [6.45, 7) is 3.75. The van der Waals surface area contributed by atoms with Crippen LogP contribution in [0.4, 0.5) is 0 Å². The van der Waals surface area contributed by atoms with E-state index in [4.69, 9.17) is 4.74 Å². The lowest BCUT2D eigenvalue weighted by Crippen LogP contribution is -2.46. The first-order valence-corrected chi connectivity index (χ1v) is 8.10. The number of aliphatic carboxylic acids is 1. The van der Waals surface area contributed by atoms with Gasteiger partial charge in [0.1, 0.15) is 5.41 Å². The Morgan fingerprint density at radius 1 is 1.46 bits per heavy atom. The number of benzene rings is 1. The Balaban J connectivity index is 1.61. The third-order valence-corrected chi connectivity index (χ3v) is 4.45. The van der Waals surface area contributed by atoms with Gasteiger partial charge in [0.15, 0.2) is 0 Å². The van der Waals surface area contributed by atoms with Crippen molar-refractivity contribution in [2.45, 2.75) is 26.3 Å². The van der Waals surface area contributed by atoms with Crippen molar-refractivity contribution < 1.29 is 14.6 Å². The highest BCUT2D eigenvalue weighted by Gasteiger charge is 2.40. The molecule has 1 saturated heterocycles. The summed E-state index contributed by atoms with van der Waals surface area (Å²) in [5, 5.41) is 21.0. The molecule has 0 radical (unpaired) electrons. The van der Waals surface area contributed by atoms with Gasteiger partial charge < -0.3 is 15.2 Å². The predicted molar refractivity (Wildman–Crippen MR) is 87.9 cm³/mol. The fraction of sp³-hybridized carbons (Fsp3) is 0.471. The highest BCUT2D eigenvalue weighted by Crippen LogP contribution is 2.28. The molecule has 1 fully saturated rings. The first-order chi connectivity index (χ1) is 11.6. The van der Waals surface area contributed by atoms with E-state index in [2.05, 4.69) is 15.6 Å². The van der Waals surface area contributed by atoms with E-state index < -0.39 is 11.4 Å². The van der Waals surface area contributed by atoms with Gasteiger partial charge in [-0.2, -0.15) is 0 Å². The minimum Gasteiger partial charge on any atom is -0.481 e. The third-order valence-electron chi connectivity index (χ3n) is 4.45. The van der Waals surface area contributed by atoms with Crippen molar-refractivity contribution in [1.29, 1.82) is 0 Å². The van der Waals surface area contributed by atoms with Crippen LogP contribution in [-0.4, -0.2) is 45.8 Å². The maximum atomic E-state index is 11.6. The maximum absolute atomic E-state index is 11.6. The van der Waals surface area contributed by atoms with Gasteiger partial charge in [-0.15, -0.1) is 5.10 Å². The Bertz CT molecular complexity index is 707. The molecule has 1 unspecified atom stereocenters. The number of carboxylic acid groups (broad SMARTS) is 1. The molecule has 128 valence electrons. The van der Waals surface area contributed by atoms with E-state index >= 15 is 0 Å². The maximum Gasteiger partial charge on any atom is 0.313 e. The van der Waals surface area contributed by atoms with Gasteiger partial charge in [-0.25, -0.2) is 4.68 Å². The van der Waals surface area contributed by atoms with Crippen molar-refractivity contribution in [2.24, 2.45) is 5.41 Å². The van der Waals surface area contributed by atoms with Crippen LogP contribution < -0.4 is 5.32 Å². The minimum absolute atomic E-state index is 0.255. The van der Waals surface area contributed by atoms with Crippen molar-refractivity contribution in [3.05, 3.63) is 41.7 Å². The van der Waals surface area contributed by atoms with Crippen molar-refractivity contribution in [1.82, 2.24) is 20.3 Å². The Kier molecular flexibility index (Phi) is 4.92. The van der Waals surface area contributed by atoms with Crippen molar-refractivity contribution in [2.75, 3.05) is 19.8 Å². The second-order valence-corrected chi connectivity index (χ2v) is 6.29. The fourth-order valence-corrected chi connectivity index (χ4v) is 2.98. The fourth-order valence-electron chi connectivity index (χ4n) is 2.98. The van der Waals surface area contributed by atoms with Crippen LogP contribution in [0.15, 0.2) is 30.5 Å². The Labute approximate surface area is 140 Å². The average Bonchev–Trinajstić information content (AvgIpc) is 3.04. The Morgan fingerprint density at radius 2 is 2.29 bits per heavy atom. The molecule has 1 aliphatic heterocycles. The normalized spacial score (nSPS) is 20.9. The molecular formula is C17H22N4O3. The third kappa shape index (κ3) is 3.47. The van der Waals surface area contributed by atoms with Gasteiger partial charge >= 0.3 is 5.97 Å². The number of hydrogen-bond acceptors (Lipinski definition) is 5. The van der Waals surface area contributed by atoms with Gasteiger partial charge in [0, 0.05) is 19.7 Å². The van der Waals surface area contributed by atoms with Crippen LogP contribution in [0.3, 0.4) is 0 Å². The second kappa shape index (κ2) is 7.11. The zero-order chi connectivity index (χ0) is 17.0. The van der Waals surface area contributed by atoms with Gasteiger partial charge in [0.25, 0.3) is 0 Å². The molecule has 7 nitrogen and oxygen atoms in total. The largest absolute Gasteiger partial charge is 0.481 e. The molecular weight excluding hydrogens is 308 g/mol. The second-order valence-electron chi connectivity index (χ2n) is 6.29. The number of carbonyl (C=O) groups is 1. The van der Waals surface area contributed by atoms with E-state index in [1.807, 2.05) is 37.4 Å². The van der Waals surface area contributed by atoms with Crippen molar-refractivity contribution in [3.63, 3.8) is 0 Å². The van der Waals surface area contributed by atoms with Crippen LogP contribution in [0, 0.1) is 12.3 Å². The number of ether oxygens (including phenoxy) is 1. The molecule has 3 rings (SSSR count). The molecule has 24 heavy (non-hydrogen) atoms. The highest BCUT2D eigenvalue weighted by atomic mass is 16.5. The molecule has 1 aromatic heterocycles. The zero-order valence-electron chi connectivity index (χ0n) is 13.7. The lowest BCUT2D eigenvalue weighted by molar-refractivity contribution is -0.156. The van der Waals surface area contributed by atoms with Crippen molar-refractivity contribution in [3.8, 4) is 5.69 Å². The summed E-state index contributed by atoms with van der Waals surface area (Å²) in [7, 11) is 0. The summed E-state index contributed by atoms with van der Waals surface area (Å²) >= 11 is 0. The molecule has 1 aromatic carbocycles. The molecule has 7 heteroatoms. The highest BCUT2D eigenvalue weighted by molar-refractivity contribution is 5.75. The summed E-state index contributed by atoms with van der Waals surface area (Å²) in [5.41, 5.74) is 2.03. The molecule has 0 amide bonds. The number of carboxylic acids is 1. The van der Waals surface area contributed by atoms with E-state index in [1.54, 1.807) is 4.68 Å². The van der Waals surface area contributed by atoms with Gasteiger partial charge in [-0.3, -0.25) is 4.79 Å². The molecule has 1 aliphatic rings. The monoisotopic (exact) mass is 330 g/mol. The molecule has 0 bridgehead atoms. The summed E-state index contributed by atoms with van der Waals surface area (Å²) < 4.78 is 7.11. The number of hydrogen-bond donors (Lipinski definition) is 2. The number of nitrogens with zero attached hydrogens (tertiary/aromatic N) is 3. The van der Waals surface area contributed by atoms with E-state index in [1.165, 1.54) is 0 Å². The molecule has 2 aromatic rings. The van der Waals surface area contributed by atoms with Gasteiger partial charge in [-0.1, -0.05) is 23.4 Å². The van der Waals surface area contributed by atoms with Gasteiger partial charge in [-0.05, 0) is 31.4 Å². The Morgan fingerprint density at radius 3 is 3.00 bits per heavy atom. The topological polar surface area (TPSA) is 89.3 Å². The van der Waals surface area contributed by atoms with Crippen LogP contribution in [0.2, 0.25) is 0 Å². The quantitative estimate of drug-likeness (QED) is 0.835. The lowest BCUT2D eigenvalue weighted by atomic mass is 9.82. The summed E-state index contributed by atoms with van der Waals surface area (Å²) in [4.78, 5) is 11.6. The average molecular weight is 330 g/mol. The molecule has 2 N–H and O–H groups in total. The van der Waals surface area contributed by atoms with Crippen LogP contribution in [0.5, 0.6) is 0 Å². The zero-order valence-corrected chi connectivity index (χ0v) is 13.7. The summed E-state index contributed by atoms with van der Waals surface area (Å²) in [6.07, 6.45) is 3.27. The summed E-state index contributed by atoms with van der Waals surface area (Å²) in [6, 6.07) is 7.95. The van der Waals surface area contributed by atoms with Crippen LogP contribution in [0.25, 0.3) is 5.69 Å². The number of para-hydroxylation sites is 1. The first-order valence-electron chi connectivity index (χ1n) is 8.10. The summed E-state index contributed by atoms with van der Waals surface area (Å²) in [5.74, 6) is -0.807. The molecule has 1 atom stereocenters. The number of aromatic nitrogens is 3. The smallest absolute Gasteiger partial charge is 0.313 e. The van der Waals surface area contributed by atoms with Gasteiger partial charge in [0.2, 0.25) is 0 Å². The van der Waals surface area contributed by atoms with E-state index in [0.29, 0.717) is 26.1 Å². The standard InChI is InChI=1S/C17H22N4O3/c1-13-5-2-3-6-15(13)21-10-14(19-20-21)9-18-11-17(16(22)23)7-4-8-24-12-17/h2-3,5-6,10,18H,4,7-9,11-12H2,1H3,(H,22,23). The van der Waals surface area contributed by atoms with E-state index in [0.717, 1.165) is 23.4 Å². The Hall–Kier alpha value is -2.25. The lowest BCUT2D eigenvalue weighted by Gasteiger charge is -2.33. The number of nitrogens with one attached hydrogen (secondary N) is 1. The van der Waals surface area contributed by atoms with Crippen LogP contribution >= 0.6 is 0 Å². The van der Waals surface area contributed by atoms with Crippen LogP contribution in [-0.2, 0) is 16.1 Å². The minimum atomic E-state index is -0.843. The molecule has 0 aliphatic carbocycles. The molecule has 2 heterocycles. The van der Waals surface area contributed by atoms with Crippen molar-refractivity contribution >= 4 is 5.97 Å². The number of aryl methyl sites for hydroxylation is 1.